The Balaban J connectivity index is 1.89. The minimum Gasteiger partial charge on any atom is -0.495 e. The Morgan fingerprint density at radius 2 is 1.96 bits per heavy atom. The molecule has 0 saturated heterocycles. The van der Waals surface area contributed by atoms with Crippen molar-refractivity contribution in [1.29, 1.82) is 0 Å². The fourth-order valence-corrected chi connectivity index (χ4v) is 2.45. The molecule has 0 aliphatic carbocycles. The van der Waals surface area contributed by atoms with Crippen LogP contribution in [0.15, 0.2) is 40.9 Å². The molecule has 0 saturated carbocycles. The zero-order valence-electron chi connectivity index (χ0n) is 13.0. The summed E-state index contributed by atoms with van der Waals surface area (Å²) in [6, 6.07) is 11.3. The monoisotopic (exact) mass is 396 g/mol. The Bertz CT molecular complexity index is 690. The molecule has 2 N–H and O–H groups in total. The quantitative estimate of drug-likeness (QED) is 0.732. The minimum absolute atomic E-state index is 0.0883. The maximum Gasteiger partial charge on any atom is 0.226 e. The van der Waals surface area contributed by atoms with E-state index in [-0.39, 0.29) is 5.91 Å². The van der Waals surface area contributed by atoms with E-state index in [0.29, 0.717) is 29.4 Å². The van der Waals surface area contributed by atoms with Crippen LogP contribution in [0.2, 0.25) is 5.02 Å². The van der Waals surface area contributed by atoms with Gasteiger partial charge in [0.2, 0.25) is 5.91 Å². The summed E-state index contributed by atoms with van der Waals surface area (Å²) in [6.07, 6.45) is 0.348. The third-order valence-corrected chi connectivity index (χ3v) is 4.22. The lowest BCUT2D eigenvalue weighted by atomic mass is 10.2. The Labute approximate surface area is 149 Å². The summed E-state index contributed by atoms with van der Waals surface area (Å²) >= 11 is 9.44. The first kappa shape index (κ1) is 17.6. The summed E-state index contributed by atoms with van der Waals surface area (Å²) in [5.74, 6) is 0.462. The van der Waals surface area contributed by atoms with Crippen molar-refractivity contribution in [2.45, 2.75) is 13.3 Å². The highest BCUT2D eigenvalue weighted by Crippen LogP contribution is 2.30. The third kappa shape index (κ3) is 5.15. The van der Waals surface area contributed by atoms with Crippen molar-refractivity contribution in [3.8, 4) is 5.75 Å². The van der Waals surface area contributed by atoms with E-state index in [1.165, 1.54) is 0 Å². The van der Waals surface area contributed by atoms with E-state index in [4.69, 9.17) is 16.3 Å². The number of rotatable bonds is 6. The second-order valence-electron chi connectivity index (χ2n) is 5.03. The van der Waals surface area contributed by atoms with Crippen LogP contribution in [-0.4, -0.2) is 19.6 Å². The molecule has 0 aliphatic heterocycles. The molecule has 23 heavy (non-hydrogen) atoms. The van der Waals surface area contributed by atoms with Crippen molar-refractivity contribution in [1.82, 2.24) is 0 Å². The molecule has 122 valence electrons. The fourth-order valence-electron chi connectivity index (χ4n) is 2.03. The molecule has 0 heterocycles. The van der Waals surface area contributed by atoms with Gasteiger partial charge in [-0.2, -0.15) is 0 Å². The number of nitrogens with one attached hydrogen (secondary N) is 2. The molecule has 6 heteroatoms. The van der Waals surface area contributed by atoms with E-state index in [0.717, 1.165) is 15.7 Å². The van der Waals surface area contributed by atoms with E-state index in [1.807, 2.05) is 31.2 Å². The summed E-state index contributed by atoms with van der Waals surface area (Å²) in [5, 5.41) is 6.67. The van der Waals surface area contributed by atoms with Crippen molar-refractivity contribution in [3.63, 3.8) is 0 Å². The second kappa shape index (κ2) is 8.22. The second-order valence-corrected chi connectivity index (χ2v) is 6.36. The van der Waals surface area contributed by atoms with E-state index in [2.05, 4.69) is 26.6 Å². The third-order valence-electron chi connectivity index (χ3n) is 3.28. The highest BCUT2D eigenvalue weighted by molar-refractivity contribution is 9.10. The molecular formula is C17H18BrClN2O2. The van der Waals surface area contributed by atoms with Gasteiger partial charge in [-0.05, 0) is 42.8 Å². The molecule has 0 aliphatic rings. The Hall–Kier alpha value is -1.72. The number of hydrogen-bond acceptors (Lipinski definition) is 3. The van der Waals surface area contributed by atoms with E-state index in [9.17, 15) is 4.79 Å². The molecule has 2 rings (SSSR count). The maximum absolute atomic E-state index is 12.1. The van der Waals surface area contributed by atoms with Gasteiger partial charge in [-0.25, -0.2) is 0 Å². The summed E-state index contributed by atoms with van der Waals surface area (Å²) in [7, 11) is 1.55. The molecule has 0 radical (unpaired) electrons. The Morgan fingerprint density at radius 3 is 2.61 bits per heavy atom. The van der Waals surface area contributed by atoms with Gasteiger partial charge in [-0.15, -0.1) is 0 Å². The minimum atomic E-state index is -0.0883. The normalized spacial score (nSPS) is 10.3. The maximum atomic E-state index is 12.1. The lowest BCUT2D eigenvalue weighted by Gasteiger charge is -2.12. The average molecular weight is 398 g/mol. The van der Waals surface area contributed by atoms with Gasteiger partial charge in [0.15, 0.2) is 0 Å². The molecule has 0 unspecified atom stereocenters. The highest BCUT2D eigenvalue weighted by Gasteiger charge is 2.10. The predicted molar refractivity (Wildman–Crippen MR) is 98.6 cm³/mol. The predicted octanol–water partition coefficient (Wildman–Crippen LogP) is 4.86. The summed E-state index contributed by atoms with van der Waals surface area (Å²) < 4.78 is 6.27. The van der Waals surface area contributed by atoms with Gasteiger partial charge in [0.1, 0.15) is 5.75 Å². The van der Waals surface area contributed by atoms with Gasteiger partial charge < -0.3 is 15.4 Å². The van der Waals surface area contributed by atoms with E-state index in [1.54, 1.807) is 19.2 Å². The van der Waals surface area contributed by atoms with Crippen LogP contribution in [0, 0.1) is 6.92 Å². The summed E-state index contributed by atoms with van der Waals surface area (Å²) in [6.45, 7) is 2.43. The van der Waals surface area contributed by atoms with Gasteiger partial charge in [0, 0.05) is 34.2 Å². The first-order valence-electron chi connectivity index (χ1n) is 7.13. The summed E-state index contributed by atoms with van der Waals surface area (Å²) in [5.41, 5.74) is 2.49. The van der Waals surface area contributed by atoms with E-state index < -0.39 is 0 Å². The molecule has 0 aromatic heterocycles. The van der Waals surface area contributed by atoms with Crippen molar-refractivity contribution in [2.75, 3.05) is 24.3 Å². The van der Waals surface area contributed by atoms with Crippen molar-refractivity contribution in [3.05, 3.63) is 51.5 Å². The molecular weight excluding hydrogens is 380 g/mol. The lowest BCUT2D eigenvalue weighted by Crippen LogP contribution is -2.16. The number of amides is 1. The number of aryl methyl sites for hydroxylation is 1. The Morgan fingerprint density at radius 1 is 1.26 bits per heavy atom. The number of carbonyl (C=O) groups excluding carboxylic acids is 1. The van der Waals surface area contributed by atoms with Gasteiger partial charge in [0.25, 0.3) is 0 Å². The van der Waals surface area contributed by atoms with Gasteiger partial charge in [-0.1, -0.05) is 27.5 Å². The number of methoxy groups -OCH3 is 1. The molecule has 0 bridgehead atoms. The SMILES string of the molecule is COc1cc(Cl)c(C)cc1NC(=O)CCNc1ccc(Br)cc1. The van der Waals surface area contributed by atoms with Crippen molar-refractivity contribution >= 4 is 44.8 Å². The number of hydrogen-bond donors (Lipinski definition) is 2. The number of benzene rings is 2. The van der Waals surface area contributed by atoms with Crippen LogP contribution in [0.3, 0.4) is 0 Å². The fraction of sp³-hybridized carbons (Fsp3) is 0.235. The van der Waals surface area contributed by atoms with Crippen molar-refractivity contribution in [2.24, 2.45) is 0 Å². The molecule has 0 atom stereocenters. The number of carbonyl (C=O) groups is 1. The lowest BCUT2D eigenvalue weighted by molar-refractivity contribution is -0.115. The Kier molecular flexibility index (Phi) is 6.30. The van der Waals surface area contributed by atoms with Crippen molar-refractivity contribution < 1.29 is 9.53 Å². The van der Waals surface area contributed by atoms with Crippen LogP contribution in [0.4, 0.5) is 11.4 Å². The van der Waals surface area contributed by atoms with Crippen LogP contribution in [-0.2, 0) is 4.79 Å². The molecule has 0 spiro atoms. The van der Waals surface area contributed by atoms with Crippen LogP contribution in [0.5, 0.6) is 5.75 Å². The van der Waals surface area contributed by atoms with Gasteiger partial charge >= 0.3 is 0 Å². The van der Waals surface area contributed by atoms with Gasteiger partial charge in [-0.3, -0.25) is 4.79 Å². The zero-order chi connectivity index (χ0) is 16.8. The largest absolute Gasteiger partial charge is 0.495 e. The molecule has 2 aromatic rings. The first-order chi connectivity index (χ1) is 11.0. The standard InChI is InChI=1S/C17H18BrClN2O2/c1-11-9-15(16(23-2)10-14(11)19)21-17(22)7-8-20-13-5-3-12(18)4-6-13/h3-6,9-10,20H,7-8H2,1-2H3,(H,21,22). The number of ether oxygens (including phenoxy) is 1. The van der Waals surface area contributed by atoms with Crippen LogP contribution >= 0.6 is 27.5 Å². The number of anilines is 2. The highest BCUT2D eigenvalue weighted by atomic mass is 79.9. The molecule has 0 fully saturated rings. The molecule has 2 aromatic carbocycles. The van der Waals surface area contributed by atoms with Crippen LogP contribution < -0.4 is 15.4 Å². The first-order valence-corrected chi connectivity index (χ1v) is 8.30. The molecule has 4 nitrogen and oxygen atoms in total. The summed E-state index contributed by atoms with van der Waals surface area (Å²) in [4.78, 5) is 12.1. The zero-order valence-corrected chi connectivity index (χ0v) is 15.3. The van der Waals surface area contributed by atoms with Crippen LogP contribution in [0.25, 0.3) is 0 Å². The van der Waals surface area contributed by atoms with E-state index >= 15 is 0 Å². The van der Waals surface area contributed by atoms with Crippen LogP contribution in [0.1, 0.15) is 12.0 Å². The number of halogens is 2. The average Bonchev–Trinajstić information content (AvgIpc) is 2.52. The smallest absolute Gasteiger partial charge is 0.226 e. The van der Waals surface area contributed by atoms with Gasteiger partial charge in [0.05, 0.1) is 12.8 Å². The molecule has 1 amide bonds. The topological polar surface area (TPSA) is 50.4 Å².